The van der Waals surface area contributed by atoms with E-state index in [0.717, 1.165) is 5.52 Å². The van der Waals surface area contributed by atoms with Gasteiger partial charge in [-0.15, -0.1) is 12.4 Å². The van der Waals surface area contributed by atoms with Gasteiger partial charge < -0.3 is 15.6 Å². The van der Waals surface area contributed by atoms with Crippen molar-refractivity contribution in [2.75, 3.05) is 20.1 Å². The molecule has 0 bridgehead atoms. The number of amides is 1. The second-order valence-electron chi connectivity index (χ2n) is 5.91. The van der Waals surface area contributed by atoms with E-state index in [0.29, 0.717) is 19.5 Å². The van der Waals surface area contributed by atoms with Gasteiger partial charge in [-0.1, -0.05) is 48.5 Å². The summed E-state index contributed by atoms with van der Waals surface area (Å²) in [6.07, 6.45) is 2.55. The molecule has 0 saturated carbocycles. The van der Waals surface area contributed by atoms with Crippen LogP contribution < -0.4 is 10.6 Å². The Morgan fingerprint density at radius 1 is 1.08 bits per heavy atom. The van der Waals surface area contributed by atoms with E-state index in [-0.39, 0.29) is 24.2 Å². The third-order valence-electron chi connectivity index (χ3n) is 4.30. The van der Waals surface area contributed by atoms with E-state index in [1.165, 1.54) is 16.5 Å². The van der Waals surface area contributed by atoms with Crippen molar-refractivity contribution < 1.29 is 4.79 Å². The van der Waals surface area contributed by atoms with Gasteiger partial charge in [-0.05, 0) is 24.2 Å². The summed E-state index contributed by atoms with van der Waals surface area (Å²) in [5.41, 5.74) is 3.54. The van der Waals surface area contributed by atoms with Crippen LogP contribution in [-0.2, 0) is 4.79 Å². The Hall–Kier alpha value is -2.30. The van der Waals surface area contributed by atoms with Crippen molar-refractivity contribution in [2.45, 2.75) is 12.3 Å². The first kappa shape index (κ1) is 19.0. The number of aromatic amines is 1. The fraction of sp³-hybridized carbons (Fsp3) is 0.250. The van der Waals surface area contributed by atoms with Crippen molar-refractivity contribution in [2.24, 2.45) is 0 Å². The zero-order valence-electron chi connectivity index (χ0n) is 14.3. The van der Waals surface area contributed by atoms with Crippen LogP contribution in [0, 0.1) is 0 Å². The van der Waals surface area contributed by atoms with Gasteiger partial charge in [0.05, 0.1) is 0 Å². The van der Waals surface area contributed by atoms with Crippen LogP contribution in [0.25, 0.3) is 10.9 Å². The van der Waals surface area contributed by atoms with Crippen molar-refractivity contribution in [3.63, 3.8) is 0 Å². The fourth-order valence-electron chi connectivity index (χ4n) is 3.02. The summed E-state index contributed by atoms with van der Waals surface area (Å²) in [5.74, 6) is 0.200. The highest BCUT2D eigenvalue weighted by atomic mass is 35.5. The third-order valence-corrected chi connectivity index (χ3v) is 4.30. The number of aromatic nitrogens is 1. The Morgan fingerprint density at radius 2 is 1.80 bits per heavy atom. The van der Waals surface area contributed by atoms with E-state index in [4.69, 9.17) is 0 Å². The minimum Gasteiger partial charge on any atom is -0.361 e. The minimum absolute atomic E-state index is 0. The SMILES string of the molecule is CNCCC(=O)NCC(c1ccccc1)c1c[nH]c2ccccc12.Cl. The minimum atomic E-state index is 0. The molecule has 1 amide bonds. The summed E-state index contributed by atoms with van der Waals surface area (Å²) < 4.78 is 0. The largest absolute Gasteiger partial charge is 0.361 e. The molecule has 3 rings (SSSR count). The Kier molecular flexibility index (Phi) is 7.04. The number of rotatable bonds is 7. The Bertz CT molecular complexity index is 801. The molecule has 3 aromatic rings. The number of nitrogens with one attached hydrogen (secondary N) is 3. The van der Waals surface area contributed by atoms with Gasteiger partial charge in [-0.3, -0.25) is 4.79 Å². The summed E-state index contributed by atoms with van der Waals surface area (Å²) in [6.45, 7) is 1.28. The van der Waals surface area contributed by atoms with Crippen LogP contribution >= 0.6 is 12.4 Å². The first-order chi connectivity index (χ1) is 11.8. The smallest absolute Gasteiger partial charge is 0.221 e. The molecule has 2 aromatic carbocycles. The lowest BCUT2D eigenvalue weighted by molar-refractivity contribution is -0.121. The van der Waals surface area contributed by atoms with Crippen molar-refractivity contribution in [1.82, 2.24) is 15.6 Å². The molecule has 132 valence electrons. The Morgan fingerprint density at radius 3 is 2.56 bits per heavy atom. The predicted octanol–water partition coefficient (Wildman–Crippen LogP) is 3.45. The number of carbonyl (C=O) groups is 1. The zero-order valence-corrected chi connectivity index (χ0v) is 15.1. The summed E-state index contributed by atoms with van der Waals surface area (Å²) in [7, 11) is 1.85. The second-order valence-corrected chi connectivity index (χ2v) is 5.91. The quantitative estimate of drug-likeness (QED) is 0.606. The molecular weight excluding hydrogens is 334 g/mol. The van der Waals surface area contributed by atoms with Crippen molar-refractivity contribution in [1.29, 1.82) is 0 Å². The molecule has 4 nitrogen and oxygen atoms in total. The summed E-state index contributed by atoms with van der Waals surface area (Å²) in [6, 6.07) is 18.6. The second kappa shape index (κ2) is 9.25. The van der Waals surface area contributed by atoms with E-state index < -0.39 is 0 Å². The van der Waals surface area contributed by atoms with Crippen LogP contribution in [0.15, 0.2) is 60.8 Å². The topological polar surface area (TPSA) is 56.9 Å². The normalized spacial score (nSPS) is 11.7. The number of hydrogen-bond acceptors (Lipinski definition) is 2. The molecule has 5 heteroatoms. The Balaban J connectivity index is 0.00000225. The van der Waals surface area contributed by atoms with Gasteiger partial charge in [0, 0.05) is 42.5 Å². The number of halogens is 1. The number of fused-ring (bicyclic) bond motifs is 1. The molecule has 1 heterocycles. The molecule has 0 aliphatic rings. The lowest BCUT2D eigenvalue weighted by Crippen LogP contribution is -2.30. The first-order valence-corrected chi connectivity index (χ1v) is 8.32. The van der Waals surface area contributed by atoms with Gasteiger partial charge in [0.1, 0.15) is 0 Å². The van der Waals surface area contributed by atoms with E-state index in [9.17, 15) is 4.79 Å². The maximum absolute atomic E-state index is 12.0. The predicted molar refractivity (Wildman–Crippen MR) is 105 cm³/mol. The van der Waals surface area contributed by atoms with Gasteiger partial charge in [0.25, 0.3) is 0 Å². The summed E-state index contributed by atoms with van der Waals surface area (Å²) >= 11 is 0. The lowest BCUT2D eigenvalue weighted by Gasteiger charge is -2.18. The number of benzene rings is 2. The molecule has 0 aliphatic carbocycles. The van der Waals surface area contributed by atoms with Gasteiger partial charge in [-0.25, -0.2) is 0 Å². The number of carbonyl (C=O) groups excluding carboxylic acids is 1. The van der Waals surface area contributed by atoms with Crippen molar-refractivity contribution >= 4 is 29.2 Å². The lowest BCUT2D eigenvalue weighted by atomic mass is 9.91. The van der Waals surface area contributed by atoms with E-state index in [1.807, 2.05) is 37.4 Å². The molecular formula is C20H24ClN3O. The molecule has 0 saturated heterocycles. The highest BCUT2D eigenvalue weighted by Crippen LogP contribution is 2.30. The van der Waals surface area contributed by atoms with Gasteiger partial charge in [0.15, 0.2) is 0 Å². The molecule has 3 N–H and O–H groups in total. The third kappa shape index (κ3) is 4.62. The average molecular weight is 358 g/mol. The Labute approximate surface area is 154 Å². The summed E-state index contributed by atoms with van der Waals surface area (Å²) in [5, 5.41) is 7.28. The van der Waals surface area contributed by atoms with Crippen molar-refractivity contribution in [3.8, 4) is 0 Å². The highest BCUT2D eigenvalue weighted by Gasteiger charge is 2.18. The first-order valence-electron chi connectivity index (χ1n) is 8.32. The molecule has 1 atom stereocenters. The monoisotopic (exact) mass is 357 g/mol. The number of hydrogen-bond donors (Lipinski definition) is 3. The maximum atomic E-state index is 12.0. The maximum Gasteiger partial charge on any atom is 0.221 e. The van der Waals surface area contributed by atoms with E-state index >= 15 is 0 Å². The number of para-hydroxylation sites is 1. The van der Waals surface area contributed by atoms with Crippen LogP contribution in [-0.4, -0.2) is 31.0 Å². The highest BCUT2D eigenvalue weighted by molar-refractivity contribution is 5.85. The average Bonchev–Trinajstić information content (AvgIpc) is 3.05. The molecule has 25 heavy (non-hydrogen) atoms. The van der Waals surface area contributed by atoms with Gasteiger partial charge in [0.2, 0.25) is 5.91 Å². The van der Waals surface area contributed by atoms with Crippen molar-refractivity contribution in [3.05, 3.63) is 71.9 Å². The molecule has 0 spiro atoms. The van der Waals surface area contributed by atoms with Gasteiger partial charge in [-0.2, -0.15) is 0 Å². The summed E-state index contributed by atoms with van der Waals surface area (Å²) in [4.78, 5) is 15.3. The van der Waals surface area contributed by atoms with Crippen LogP contribution in [0.1, 0.15) is 23.5 Å². The zero-order chi connectivity index (χ0) is 16.8. The van der Waals surface area contributed by atoms with Crippen LogP contribution in [0.4, 0.5) is 0 Å². The fourth-order valence-corrected chi connectivity index (χ4v) is 3.02. The van der Waals surface area contributed by atoms with E-state index in [1.54, 1.807) is 0 Å². The molecule has 1 aromatic heterocycles. The number of H-pyrrole nitrogens is 1. The molecule has 1 unspecified atom stereocenters. The molecule has 0 radical (unpaired) electrons. The van der Waals surface area contributed by atoms with Crippen LogP contribution in [0.3, 0.4) is 0 Å². The van der Waals surface area contributed by atoms with Gasteiger partial charge >= 0.3 is 0 Å². The van der Waals surface area contributed by atoms with E-state index in [2.05, 4.69) is 46.1 Å². The van der Waals surface area contributed by atoms with Crippen LogP contribution in [0.5, 0.6) is 0 Å². The standard InChI is InChI=1S/C20H23N3O.ClH/c1-21-12-11-20(24)23-13-17(15-7-3-2-4-8-15)18-14-22-19-10-6-5-9-16(18)19;/h2-10,14,17,21-22H,11-13H2,1H3,(H,23,24);1H. The van der Waals surface area contributed by atoms with Crippen LogP contribution in [0.2, 0.25) is 0 Å². The molecule has 0 aliphatic heterocycles. The molecule has 0 fully saturated rings.